The molecule has 0 aromatic heterocycles. The Morgan fingerprint density at radius 3 is 3.12 bits per heavy atom. The summed E-state index contributed by atoms with van der Waals surface area (Å²) < 4.78 is 0. The van der Waals surface area contributed by atoms with Gasteiger partial charge in [0.15, 0.2) is 0 Å². The third-order valence-electron chi connectivity index (χ3n) is 3.76. The lowest BCUT2D eigenvalue weighted by Crippen LogP contribution is -2.28. The van der Waals surface area contributed by atoms with Crippen molar-refractivity contribution in [3.63, 3.8) is 0 Å². The number of nitrogens with two attached hydrogens (primary N) is 1. The van der Waals surface area contributed by atoms with Crippen LogP contribution in [0.4, 0.5) is 5.69 Å². The predicted octanol–water partition coefficient (Wildman–Crippen LogP) is 2.78. The minimum Gasteiger partial charge on any atom is -0.361 e. The first kappa shape index (κ1) is 11.4. The van der Waals surface area contributed by atoms with E-state index < -0.39 is 0 Å². The summed E-state index contributed by atoms with van der Waals surface area (Å²) in [5.41, 5.74) is 10.5. The van der Waals surface area contributed by atoms with E-state index in [0.29, 0.717) is 6.04 Å². The number of hydrogen-bond donors (Lipinski definition) is 1. The van der Waals surface area contributed by atoms with Crippen molar-refractivity contribution in [2.24, 2.45) is 5.73 Å². The first-order valence-electron chi connectivity index (χ1n) is 6.57. The van der Waals surface area contributed by atoms with Crippen LogP contribution < -0.4 is 10.6 Å². The lowest BCUT2D eigenvalue weighted by molar-refractivity contribution is 0.575. The molecule has 0 saturated heterocycles. The Kier molecular flexibility index (Phi) is 3.05. The van der Waals surface area contributed by atoms with Gasteiger partial charge in [-0.1, -0.05) is 6.92 Å². The van der Waals surface area contributed by atoms with Crippen LogP contribution in [0, 0.1) is 0 Å². The van der Waals surface area contributed by atoms with Gasteiger partial charge in [0.2, 0.25) is 0 Å². The predicted molar refractivity (Wildman–Crippen MR) is 74.8 cm³/mol. The molecule has 2 aliphatic rings. The Bertz CT molecular complexity index is 430. The Labute approximate surface area is 108 Å². The SMILES string of the molecule is CCCN1CSc2cc3c(cc21)CCC(N)C3. The monoisotopic (exact) mass is 248 g/mol. The molecule has 0 fully saturated rings. The Morgan fingerprint density at radius 2 is 2.29 bits per heavy atom. The molecule has 2 nitrogen and oxygen atoms in total. The van der Waals surface area contributed by atoms with Gasteiger partial charge in [0.1, 0.15) is 0 Å². The number of rotatable bonds is 2. The molecular weight excluding hydrogens is 228 g/mol. The molecule has 0 spiro atoms. The highest BCUT2D eigenvalue weighted by molar-refractivity contribution is 7.99. The van der Waals surface area contributed by atoms with Crippen LogP contribution in [0.5, 0.6) is 0 Å². The van der Waals surface area contributed by atoms with Crippen LogP contribution in [0.2, 0.25) is 0 Å². The van der Waals surface area contributed by atoms with Crippen LogP contribution in [0.1, 0.15) is 30.9 Å². The molecule has 0 saturated carbocycles. The van der Waals surface area contributed by atoms with Crippen molar-refractivity contribution in [3.8, 4) is 0 Å². The van der Waals surface area contributed by atoms with Crippen molar-refractivity contribution >= 4 is 17.4 Å². The summed E-state index contributed by atoms with van der Waals surface area (Å²) in [4.78, 5) is 3.97. The average molecular weight is 248 g/mol. The highest BCUT2D eigenvalue weighted by atomic mass is 32.2. The van der Waals surface area contributed by atoms with Gasteiger partial charge in [-0.3, -0.25) is 0 Å². The number of benzene rings is 1. The summed E-state index contributed by atoms with van der Waals surface area (Å²) in [7, 11) is 0. The second-order valence-electron chi connectivity index (χ2n) is 5.13. The number of anilines is 1. The lowest BCUT2D eigenvalue weighted by atomic mass is 9.88. The molecule has 2 N–H and O–H groups in total. The van der Waals surface area contributed by atoms with E-state index in [9.17, 15) is 0 Å². The largest absolute Gasteiger partial charge is 0.361 e. The van der Waals surface area contributed by atoms with Gasteiger partial charge in [-0.25, -0.2) is 0 Å². The van der Waals surface area contributed by atoms with Crippen molar-refractivity contribution in [1.29, 1.82) is 0 Å². The zero-order valence-corrected chi connectivity index (χ0v) is 11.2. The van der Waals surface area contributed by atoms with Crippen LogP contribution in [-0.2, 0) is 12.8 Å². The molecule has 1 aliphatic carbocycles. The number of aryl methyl sites for hydroxylation is 1. The van der Waals surface area contributed by atoms with E-state index >= 15 is 0 Å². The van der Waals surface area contributed by atoms with Gasteiger partial charge in [-0.05, 0) is 48.9 Å². The van der Waals surface area contributed by atoms with Gasteiger partial charge in [0, 0.05) is 17.5 Å². The minimum atomic E-state index is 0.374. The molecule has 17 heavy (non-hydrogen) atoms. The summed E-state index contributed by atoms with van der Waals surface area (Å²) in [6.45, 7) is 3.43. The minimum absolute atomic E-state index is 0.374. The normalized spacial score (nSPS) is 22.5. The van der Waals surface area contributed by atoms with Crippen molar-refractivity contribution in [3.05, 3.63) is 23.3 Å². The number of fused-ring (bicyclic) bond motifs is 2. The standard InChI is InChI=1S/C14H20N2S/c1-2-5-16-9-17-14-8-11-6-12(15)4-3-10(11)7-13(14)16/h7-8,12H,2-6,9,15H2,1H3. The van der Waals surface area contributed by atoms with Crippen LogP contribution >= 0.6 is 11.8 Å². The molecule has 1 aliphatic heterocycles. The van der Waals surface area contributed by atoms with E-state index in [-0.39, 0.29) is 0 Å². The third-order valence-corrected chi connectivity index (χ3v) is 4.84. The third kappa shape index (κ3) is 2.06. The Morgan fingerprint density at radius 1 is 1.41 bits per heavy atom. The molecule has 1 atom stereocenters. The summed E-state index contributed by atoms with van der Waals surface area (Å²) in [6, 6.07) is 5.19. The van der Waals surface area contributed by atoms with Crippen molar-refractivity contribution in [1.82, 2.24) is 0 Å². The maximum atomic E-state index is 6.05. The van der Waals surface area contributed by atoms with Crippen molar-refractivity contribution in [2.45, 2.75) is 43.5 Å². The summed E-state index contributed by atoms with van der Waals surface area (Å²) in [6.07, 6.45) is 4.60. The van der Waals surface area contributed by atoms with E-state index in [4.69, 9.17) is 5.73 Å². The Hall–Kier alpha value is -0.670. The topological polar surface area (TPSA) is 29.3 Å². The van der Waals surface area contributed by atoms with Crippen LogP contribution in [0.15, 0.2) is 17.0 Å². The molecule has 1 unspecified atom stereocenters. The molecule has 3 rings (SSSR count). The number of nitrogens with zero attached hydrogens (tertiary/aromatic N) is 1. The second kappa shape index (κ2) is 4.54. The Balaban J connectivity index is 1.94. The van der Waals surface area contributed by atoms with E-state index in [1.165, 1.54) is 34.7 Å². The van der Waals surface area contributed by atoms with Crippen LogP contribution in [0.3, 0.4) is 0 Å². The maximum absolute atomic E-state index is 6.05. The fourth-order valence-electron chi connectivity index (χ4n) is 2.84. The highest BCUT2D eigenvalue weighted by Gasteiger charge is 2.23. The average Bonchev–Trinajstić information content (AvgIpc) is 2.70. The fourth-order valence-corrected chi connectivity index (χ4v) is 3.96. The molecule has 0 radical (unpaired) electrons. The second-order valence-corrected chi connectivity index (χ2v) is 6.12. The van der Waals surface area contributed by atoms with Gasteiger partial charge in [0.05, 0.1) is 11.6 Å². The number of hydrogen-bond acceptors (Lipinski definition) is 3. The van der Waals surface area contributed by atoms with Gasteiger partial charge in [-0.15, -0.1) is 11.8 Å². The number of thioether (sulfide) groups is 1. The van der Waals surface area contributed by atoms with Crippen molar-refractivity contribution in [2.75, 3.05) is 17.3 Å². The molecule has 1 aromatic rings. The maximum Gasteiger partial charge on any atom is 0.0686 e. The van der Waals surface area contributed by atoms with Gasteiger partial charge in [0.25, 0.3) is 0 Å². The molecule has 0 amide bonds. The van der Waals surface area contributed by atoms with E-state index in [1.807, 2.05) is 11.8 Å². The molecule has 1 aromatic carbocycles. The first-order valence-corrected chi connectivity index (χ1v) is 7.55. The summed E-state index contributed by atoms with van der Waals surface area (Å²) >= 11 is 1.98. The molecule has 1 heterocycles. The van der Waals surface area contributed by atoms with Gasteiger partial charge >= 0.3 is 0 Å². The van der Waals surface area contributed by atoms with Gasteiger partial charge in [-0.2, -0.15) is 0 Å². The van der Waals surface area contributed by atoms with E-state index in [2.05, 4.69) is 24.0 Å². The molecule has 3 heteroatoms. The smallest absolute Gasteiger partial charge is 0.0686 e. The quantitative estimate of drug-likeness (QED) is 0.872. The molecule has 92 valence electrons. The summed E-state index contributed by atoms with van der Waals surface area (Å²) in [5.74, 6) is 1.12. The highest BCUT2D eigenvalue weighted by Crippen LogP contribution is 2.41. The fraction of sp³-hybridized carbons (Fsp3) is 0.571. The zero-order valence-electron chi connectivity index (χ0n) is 10.4. The van der Waals surface area contributed by atoms with E-state index in [0.717, 1.165) is 25.1 Å². The van der Waals surface area contributed by atoms with Crippen LogP contribution in [-0.4, -0.2) is 18.5 Å². The zero-order chi connectivity index (χ0) is 11.8. The van der Waals surface area contributed by atoms with Crippen LogP contribution in [0.25, 0.3) is 0 Å². The molecular formula is C14H20N2S. The van der Waals surface area contributed by atoms with Gasteiger partial charge < -0.3 is 10.6 Å². The van der Waals surface area contributed by atoms with E-state index in [1.54, 1.807) is 0 Å². The first-order chi connectivity index (χ1) is 8.28. The molecule has 0 bridgehead atoms. The lowest BCUT2D eigenvalue weighted by Gasteiger charge is -2.24. The summed E-state index contributed by atoms with van der Waals surface area (Å²) in [5, 5.41) is 0. The van der Waals surface area contributed by atoms with Crippen molar-refractivity contribution < 1.29 is 0 Å².